The van der Waals surface area contributed by atoms with Crippen LogP contribution in [0.4, 0.5) is 0 Å². The Hall–Kier alpha value is -2.22. The fraction of sp³-hybridized carbons (Fsp3) is 0.529. The fourth-order valence-electron chi connectivity index (χ4n) is 3.13. The fourth-order valence-corrected chi connectivity index (χ4v) is 3.91. The van der Waals surface area contributed by atoms with Gasteiger partial charge in [0.05, 0.1) is 6.20 Å². The van der Waals surface area contributed by atoms with Crippen molar-refractivity contribution in [2.75, 3.05) is 13.1 Å². The third-order valence-corrected chi connectivity index (χ3v) is 5.65. The Morgan fingerprint density at radius 3 is 2.64 bits per heavy atom. The largest absolute Gasteiger partial charge is 0.348 e. The molecule has 2 amide bonds. The molecule has 2 fully saturated rings. The first-order chi connectivity index (χ1) is 12.1. The minimum Gasteiger partial charge on any atom is -0.348 e. The van der Waals surface area contributed by atoms with Crippen LogP contribution in [-0.2, 0) is 11.8 Å². The van der Waals surface area contributed by atoms with Gasteiger partial charge in [-0.05, 0) is 25.7 Å². The molecule has 2 aromatic heterocycles. The van der Waals surface area contributed by atoms with Crippen LogP contribution in [-0.4, -0.2) is 50.6 Å². The van der Waals surface area contributed by atoms with Crippen molar-refractivity contribution >= 4 is 23.2 Å². The highest BCUT2D eigenvalue weighted by atomic mass is 32.1. The molecule has 0 radical (unpaired) electrons. The van der Waals surface area contributed by atoms with Gasteiger partial charge in [-0.2, -0.15) is 5.10 Å². The molecule has 1 saturated carbocycles. The van der Waals surface area contributed by atoms with Gasteiger partial charge in [-0.3, -0.25) is 14.3 Å². The van der Waals surface area contributed by atoms with E-state index < -0.39 is 0 Å². The molecule has 1 aliphatic carbocycles. The van der Waals surface area contributed by atoms with E-state index in [-0.39, 0.29) is 17.9 Å². The van der Waals surface area contributed by atoms with Crippen LogP contribution in [0.3, 0.4) is 0 Å². The Kier molecular flexibility index (Phi) is 4.29. The molecule has 2 aromatic rings. The van der Waals surface area contributed by atoms with Gasteiger partial charge in [0.15, 0.2) is 0 Å². The van der Waals surface area contributed by atoms with Crippen LogP contribution in [0.15, 0.2) is 17.8 Å². The minimum absolute atomic E-state index is 0.110. The summed E-state index contributed by atoms with van der Waals surface area (Å²) >= 11 is 1.44. The third-order valence-electron chi connectivity index (χ3n) is 4.76. The van der Waals surface area contributed by atoms with Crippen molar-refractivity contribution in [2.45, 2.75) is 31.7 Å². The highest BCUT2D eigenvalue weighted by Gasteiger charge is 2.35. The van der Waals surface area contributed by atoms with E-state index in [0.717, 1.165) is 49.3 Å². The van der Waals surface area contributed by atoms with Crippen LogP contribution in [0, 0.1) is 5.92 Å². The molecule has 1 saturated heterocycles. The van der Waals surface area contributed by atoms with Gasteiger partial charge < -0.3 is 10.2 Å². The van der Waals surface area contributed by atoms with Crippen molar-refractivity contribution < 1.29 is 9.59 Å². The van der Waals surface area contributed by atoms with E-state index in [1.165, 1.54) is 11.3 Å². The van der Waals surface area contributed by atoms with Crippen LogP contribution in [0.2, 0.25) is 0 Å². The zero-order valence-corrected chi connectivity index (χ0v) is 15.0. The Morgan fingerprint density at radius 2 is 2.00 bits per heavy atom. The van der Waals surface area contributed by atoms with Crippen LogP contribution < -0.4 is 5.32 Å². The van der Waals surface area contributed by atoms with Crippen molar-refractivity contribution in [1.29, 1.82) is 0 Å². The number of aryl methyl sites for hydroxylation is 1. The molecule has 0 bridgehead atoms. The normalized spacial score (nSPS) is 18.4. The molecule has 1 aliphatic heterocycles. The summed E-state index contributed by atoms with van der Waals surface area (Å²) in [6.07, 6.45) is 7.32. The summed E-state index contributed by atoms with van der Waals surface area (Å²) in [6, 6.07) is 0.110. The van der Waals surface area contributed by atoms with Crippen LogP contribution >= 0.6 is 11.3 Å². The summed E-state index contributed by atoms with van der Waals surface area (Å²) in [6.45, 7) is 1.47. The molecular weight excluding hydrogens is 338 g/mol. The van der Waals surface area contributed by atoms with Gasteiger partial charge in [0, 0.05) is 49.2 Å². The number of piperidine rings is 1. The molecule has 0 atom stereocenters. The van der Waals surface area contributed by atoms with E-state index in [2.05, 4.69) is 15.4 Å². The average Bonchev–Trinajstić information content (AvgIpc) is 3.18. The Morgan fingerprint density at radius 1 is 1.24 bits per heavy atom. The first-order valence-corrected chi connectivity index (χ1v) is 9.52. The first kappa shape index (κ1) is 16.3. The summed E-state index contributed by atoms with van der Waals surface area (Å²) in [5, 5.41) is 9.76. The molecule has 0 aromatic carbocycles. The highest BCUT2D eigenvalue weighted by molar-refractivity contribution is 7.13. The molecule has 4 rings (SSSR count). The Balaban J connectivity index is 1.32. The number of aromatic nitrogens is 3. The summed E-state index contributed by atoms with van der Waals surface area (Å²) in [5.74, 6) is 0.427. The molecule has 132 valence electrons. The van der Waals surface area contributed by atoms with Crippen molar-refractivity contribution in [2.24, 2.45) is 13.0 Å². The average molecular weight is 359 g/mol. The van der Waals surface area contributed by atoms with Gasteiger partial charge in [-0.1, -0.05) is 0 Å². The maximum absolute atomic E-state index is 12.4. The molecule has 1 N–H and O–H groups in total. The lowest BCUT2D eigenvalue weighted by atomic mass is 10.0. The standard InChI is InChI=1S/C17H21N5O2S/c1-21-9-12(8-18-21)16-20-14(10-25-16)15(23)19-13-4-6-22(7-5-13)17(24)11-2-3-11/h8-11,13H,2-7H2,1H3,(H,19,23). The first-order valence-electron chi connectivity index (χ1n) is 8.64. The molecular formula is C17H21N5O2S. The number of hydrogen-bond donors (Lipinski definition) is 1. The van der Waals surface area contributed by atoms with Gasteiger partial charge in [0.1, 0.15) is 10.7 Å². The monoisotopic (exact) mass is 359 g/mol. The zero-order valence-electron chi connectivity index (χ0n) is 14.1. The SMILES string of the molecule is Cn1cc(-c2nc(C(=O)NC3CCN(C(=O)C4CC4)CC3)cs2)cn1. The highest BCUT2D eigenvalue weighted by Crippen LogP contribution is 2.32. The number of likely N-dealkylation sites (tertiary alicyclic amines) is 1. The Bertz CT molecular complexity index is 787. The summed E-state index contributed by atoms with van der Waals surface area (Å²) in [7, 11) is 1.85. The second-order valence-electron chi connectivity index (χ2n) is 6.79. The van der Waals surface area contributed by atoms with Gasteiger partial charge in [0.2, 0.25) is 5.91 Å². The van der Waals surface area contributed by atoms with E-state index in [1.54, 1.807) is 16.3 Å². The lowest BCUT2D eigenvalue weighted by molar-refractivity contribution is -0.133. The van der Waals surface area contributed by atoms with Crippen LogP contribution in [0.25, 0.3) is 10.6 Å². The molecule has 3 heterocycles. The number of thiazole rings is 1. The predicted octanol–water partition coefficient (Wildman–Crippen LogP) is 1.67. The number of nitrogens with zero attached hydrogens (tertiary/aromatic N) is 4. The quantitative estimate of drug-likeness (QED) is 0.901. The number of carbonyl (C=O) groups excluding carboxylic acids is 2. The van der Waals surface area contributed by atoms with Crippen molar-refractivity contribution in [3.05, 3.63) is 23.5 Å². The van der Waals surface area contributed by atoms with Crippen molar-refractivity contribution in [3.63, 3.8) is 0 Å². The van der Waals surface area contributed by atoms with Gasteiger partial charge >= 0.3 is 0 Å². The van der Waals surface area contributed by atoms with E-state index in [4.69, 9.17) is 0 Å². The molecule has 0 unspecified atom stereocenters. The number of amides is 2. The van der Waals surface area contributed by atoms with Crippen LogP contribution in [0.5, 0.6) is 0 Å². The maximum Gasteiger partial charge on any atom is 0.270 e. The Labute approximate surface area is 150 Å². The smallest absolute Gasteiger partial charge is 0.270 e. The van der Waals surface area contributed by atoms with Gasteiger partial charge in [-0.25, -0.2) is 4.98 Å². The third kappa shape index (κ3) is 3.58. The summed E-state index contributed by atoms with van der Waals surface area (Å²) in [4.78, 5) is 30.9. The predicted molar refractivity (Wildman–Crippen MR) is 94.1 cm³/mol. The molecule has 25 heavy (non-hydrogen) atoms. The number of hydrogen-bond acceptors (Lipinski definition) is 5. The molecule has 8 heteroatoms. The van der Waals surface area contributed by atoms with Crippen molar-refractivity contribution in [1.82, 2.24) is 25.0 Å². The topological polar surface area (TPSA) is 80.1 Å². The molecule has 0 spiro atoms. The van der Waals surface area contributed by atoms with Crippen molar-refractivity contribution in [3.8, 4) is 10.6 Å². The minimum atomic E-state index is -0.140. The number of carbonyl (C=O) groups is 2. The second-order valence-corrected chi connectivity index (χ2v) is 7.65. The summed E-state index contributed by atoms with van der Waals surface area (Å²) < 4.78 is 1.72. The second kappa shape index (κ2) is 6.59. The van der Waals surface area contributed by atoms with Gasteiger partial charge in [0.25, 0.3) is 5.91 Å². The lowest BCUT2D eigenvalue weighted by Gasteiger charge is -2.32. The van der Waals surface area contributed by atoms with E-state index in [9.17, 15) is 9.59 Å². The van der Waals surface area contributed by atoms with E-state index in [1.807, 2.05) is 18.1 Å². The number of rotatable bonds is 4. The van der Waals surface area contributed by atoms with E-state index in [0.29, 0.717) is 11.6 Å². The van der Waals surface area contributed by atoms with E-state index >= 15 is 0 Å². The molecule has 7 nitrogen and oxygen atoms in total. The zero-order chi connectivity index (χ0) is 17.4. The lowest BCUT2D eigenvalue weighted by Crippen LogP contribution is -2.47. The molecule has 2 aliphatic rings. The van der Waals surface area contributed by atoms with Crippen LogP contribution in [0.1, 0.15) is 36.2 Å². The maximum atomic E-state index is 12.4. The van der Waals surface area contributed by atoms with Gasteiger partial charge in [-0.15, -0.1) is 11.3 Å². The summed E-state index contributed by atoms with van der Waals surface area (Å²) in [5.41, 5.74) is 1.36. The number of nitrogens with one attached hydrogen (secondary N) is 1.